The Morgan fingerprint density at radius 1 is 1.23 bits per heavy atom. The molecule has 0 aromatic heterocycles. The minimum absolute atomic E-state index is 0.0214. The molecule has 3 aliphatic rings. The van der Waals surface area contributed by atoms with Gasteiger partial charge in [0.2, 0.25) is 5.91 Å². The van der Waals surface area contributed by atoms with Crippen LogP contribution >= 0.6 is 0 Å². The Morgan fingerprint density at radius 2 is 2.00 bits per heavy atom. The van der Waals surface area contributed by atoms with Gasteiger partial charge in [0.25, 0.3) is 10.2 Å². The van der Waals surface area contributed by atoms with Crippen LogP contribution in [0, 0.1) is 11.7 Å². The van der Waals surface area contributed by atoms with Crippen molar-refractivity contribution in [3.8, 4) is 0 Å². The number of benzene rings is 1. The average Bonchev–Trinajstić information content (AvgIpc) is 2.92. The van der Waals surface area contributed by atoms with Gasteiger partial charge in [-0.3, -0.25) is 4.79 Å². The Balaban J connectivity index is 1.67. The molecule has 2 atom stereocenters. The van der Waals surface area contributed by atoms with Gasteiger partial charge in [0.1, 0.15) is 5.82 Å². The van der Waals surface area contributed by atoms with Crippen LogP contribution in [0.25, 0.3) is 0 Å². The molecule has 0 spiro atoms. The van der Waals surface area contributed by atoms with Crippen molar-refractivity contribution in [2.75, 3.05) is 33.7 Å². The van der Waals surface area contributed by atoms with Crippen molar-refractivity contribution in [1.82, 2.24) is 13.5 Å². The summed E-state index contributed by atoms with van der Waals surface area (Å²) in [6.45, 7) is 1.42. The van der Waals surface area contributed by atoms with Gasteiger partial charge in [-0.05, 0) is 42.9 Å². The molecule has 1 aromatic carbocycles. The third-order valence-corrected chi connectivity index (χ3v) is 7.18. The molecule has 2 bridgehead atoms. The van der Waals surface area contributed by atoms with Crippen LogP contribution in [0.5, 0.6) is 0 Å². The predicted octanol–water partition coefficient (Wildman–Crippen LogP) is 1.49. The summed E-state index contributed by atoms with van der Waals surface area (Å²) in [5.74, 6) is -0.108. The standard InChI is InChI=1S/C18H26FN3O3S/c1-20(2)26(24,25)21-11-15-6-8-17(13-21)22(12-15)18(23)9-7-14-4-3-5-16(19)10-14/h3-5,10,15,17H,6-9,11-13H2,1-2H3/t15-,17+/m0/s1. The summed E-state index contributed by atoms with van der Waals surface area (Å²) in [5, 5.41) is 0. The maximum atomic E-state index is 13.3. The van der Waals surface area contributed by atoms with Gasteiger partial charge in [-0.25, -0.2) is 4.39 Å². The number of hydrogen-bond donors (Lipinski definition) is 0. The molecule has 8 heteroatoms. The van der Waals surface area contributed by atoms with Crippen LogP contribution in [-0.4, -0.2) is 67.6 Å². The number of aryl methyl sites for hydroxylation is 1. The number of carbonyl (C=O) groups is 1. The molecule has 0 unspecified atom stereocenters. The van der Waals surface area contributed by atoms with Crippen LogP contribution in [-0.2, 0) is 21.4 Å². The Hall–Kier alpha value is -1.51. The van der Waals surface area contributed by atoms with E-state index >= 15 is 0 Å². The Kier molecular flexibility index (Phi) is 5.64. The second-order valence-electron chi connectivity index (χ2n) is 7.38. The largest absolute Gasteiger partial charge is 0.338 e. The van der Waals surface area contributed by atoms with Gasteiger partial charge in [0, 0.05) is 46.2 Å². The third kappa shape index (κ3) is 4.07. The smallest absolute Gasteiger partial charge is 0.281 e. The summed E-state index contributed by atoms with van der Waals surface area (Å²) in [4.78, 5) is 14.6. The number of halogens is 1. The maximum Gasteiger partial charge on any atom is 0.281 e. The van der Waals surface area contributed by atoms with Crippen molar-refractivity contribution in [2.24, 2.45) is 5.92 Å². The van der Waals surface area contributed by atoms with E-state index in [2.05, 4.69) is 0 Å². The molecule has 4 rings (SSSR count). The van der Waals surface area contributed by atoms with Gasteiger partial charge < -0.3 is 4.90 Å². The first-order valence-electron chi connectivity index (χ1n) is 8.99. The van der Waals surface area contributed by atoms with E-state index in [0.29, 0.717) is 32.5 Å². The van der Waals surface area contributed by atoms with Gasteiger partial charge in [0.05, 0.1) is 0 Å². The molecule has 0 aliphatic carbocycles. The first-order chi connectivity index (χ1) is 12.3. The molecule has 0 radical (unpaired) electrons. The van der Waals surface area contributed by atoms with Crippen LogP contribution in [0.2, 0.25) is 0 Å². The molecule has 0 saturated carbocycles. The van der Waals surface area contributed by atoms with Crippen molar-refractivity contribution in [3.63, 3.8) is 0 Å². The Morgan fingerprint density at radius 3 is 2.69 bits per heavy atom. The summed E-state index contributed by atoms with van der Waals surface area (Å²) >= 11 is 0. The van der Waals surface area contributed by atoms with Crippen molar-refractivity contribution < 1.29 is 17.6 Å². The summed E-state index contributed by atoms with van der Waals surface area (Å²) in [6, 6.07) is 6.22. The lowest BCUT2D eigenvalue weighted by Gasteiger charge is -2.36. The zero-order valence-corrected chi connectivity index (χ0v) is 16.1. The van der Waals surface area contributed by atoms with Crippen LogP contribution in [0.3, 0.4) is 0 Å². The Bertz CT molecular complexity index is 769. The van der Waals surface area contributed by atoms with E-state index in [0.717, 1.165) is 18.4 Å². The normalized spacial score (nSPS) is 24.1. The third-order valence-electron chi connectivity index (χ3n) is 5.30. The number of nitrogens with zero attached hydrogens (tertiary/aromatic N) is 3. The number of piperidine rings is 1. The van der Waals surface area contributed by atoms with E-state index < -0.39 is 10.2 Å². The van der Waals surface area contributed by atoms with Crippen molar-refractivity contribution >= 4 is 16.1 Å². The molecule has 26 heavy (non-hydrogen) atoms. The lowest BCUT2D eigenvalue weighted by molar-refractivity contribution is -0.135. The summed E-state index contributed by atoms with van der Waals surface area (Å²) in [5.41, 5.74) is 0.801. The molecular weight excluding hydrogens is 357 g/mol. The minimum Gasteiger partial charge on any atom is -0.338 e. The molecule has 144 valence electrons. The van der Waals surface area contributed by atoms with Gasteiger partial charge >= 0.3 is 0 Å². The van der Waals surface area contributed by atoms with Crippen LogP contribution in [0.1, 0.15) is 24.8 Å². The molecule has 3 aliphatic heterocycles. The zero-order chi connectivity index (χ0) is 18.9. The molecular formula is C18H26FN3O3S. The second kappa shape index (κ2) is 7.62. The quantitative estimate of drug-likeness (QED) is 0.774. The van der Waals surface area contributed by atoms with Gasteiger partial charge in [0.15, 0.2) is 0 Å². The lowest BCUT2D eigenvalue weighted by Crippen LogP contribution is -2.48. The highest BCUT2D eigenvalue weighted by Gasteiger charge is 2.41. The summed E-state index contributed by atoms with van der Waals surface area (Å²) in [6.07, 6.45) is 2.57. The highest BCUT2D eigenvalue weighted by Crippen LogP contribution is 2.30. The van der Waals surface area contributed by atoms with E-state index in [1.165, 1.54) is 34.8 Å². The Labute approximate surface area is 154 Å². The highest BCUT2D eigenvalue weighted by molar-refractivity contribution is 7.86. The molecule has 3 saturated heterocycles. The second-order valence-corrected chi connectivity index (χ2v) is 9.52. The fourth-order valence-corrected chi connectivity index (χ4v) is 5.07. The first kappa shape index (κ1) is 19.3. The van der Waals surface area contributed by atoms with Crippen LogP contribution < -0.4 is 0 Å². The maximum absolute atomic E-state index is 13.3. The van der Waals surface area contributed by atoms with Gasteiger partial charge in [-0.15, -0.1) is 0 Å². The van der Waals surface area contributed by atoms with E-state index in [4.69, 9.17) is 0 Å². The number of fused-ring (bicyclic) bond motifs is 4. The minimum atomic E-state index is -3.47. The fraction of sp³-hybridized carbons (Fsp3) is 0.611. The predicted molar refractivity (Wildman–Crippen MR) is 97.1 cm³/mol. The molecule has 3 heterocycles. The fourth-order valence-electron chi connectivity index (χ4n) is 3.85. The molecule has 0 N–H and O–H groups in total. The molecule has 1 aromatic rings. The monoisotopic (exact) mass is 383 g/mol. The summed E-state index contributed by atoms with van der Waals surface area (Å²) in [7, 11) is -0.408. The topological polar surface area (TPSA) is 60.9 Å². The number of rotatable bonds is 5. The molecule has 6 nitrogen and oxygen atoms in total. The van der Waals surface area contributed by atoms with Crippen molar-refractivity contribution in [2.45, 2.75) is 31.7 Å². The SMILES string of the molecule is CN(C)S(=O)(=O)N1C[C@@H]2CC[C@H](C1)N(C(=O)CCc1cccc(F)c1)C2. The molecule has 1 amide bonds. The molecule has 3 fully saturated rings. The van der Waals surface area contributed by atoms with Crippen molar-refractivity contribution in [3.05, 3.63) is 35.6 Å². The summed E-state index contributed by atoms with van der Waals surface area (Å²) < 4.78 is 41.0. The van der Waals surface area contributed by atoms with Gasteiger partial charge in [-0.2, -0.15) is 17.0 Å². The van der Waals surface area contributed by atoms with E-state index in [9.17, 15) is 17.6 Å². The zero-order valence-electron chi connectivity index (χ0n) is 15.3. The number of hydrogen-bond acceptors (Lipinski definition) is 3. The lowest BCUT2D eigenvalue weighted by atomic mass is 9.94. The van der Waals surface area contributed by atoms with E-state index in [-0.39, 0.29) is 23.7 Å². The van der Waals surface area contributed by atoms with Crippen LogP contribution in [0.15, 0.2) is 24.3 Å². The highest BCUT2D eigenvalue weighted by atomic mass is 32.2. The first-order valence-corrected chi connectivity index (χ1v) is 10.4. The van der Waals surface area contributed by atoms with E-state index in [1.807, 2.05) is 11.0 Å². The van der Waals surface area contributed by atoms with Gasteiger partial charge in [-0.1, -0.05) is 12.1 Å². The number of amides is 1. The van der Waals surface area contributed by atoms with E-state index in [1.54, 1.807) is 6.07 Å². The van der Waals surface area contributed by atoms with Crippen LogP contribution in [0.4, 0.5) is 4.39 Å². The van der Waals surface area contributed by atoms with Crippen molar-refractivity contribution in [1.29, 1.82) is 0 Å². The number of carbonyl (C=O) groups excluding carboxylic acids is 1. The average molecular weight is 383 g/mol.